The summed E-state index contributed by atoms with van der Waals surface area (Å²) in [6.45, 7) is 0. The number of nitrogens with one attached hydrogen (secondary N) is 1. The number of alkyl halides is 7. The first-order chi connectivity index (χ1) is 9.80. The lowest BCUT2D eigenvalue weighted by Gasteiger charge is -2.26. The fraction of sp³-hybridized carbons (Fsp3) is 0.300. The van der Waals surface area contributed by atoms with Crippen LogP contribution in [0, 0.1) is 0 Å². The van der Waals surface area contributed by atoms with Crippen LogP contribution in [-0.4, -0.2) is 40.0 Å². The maximum absolute atomic E-state index is 13.0. The number of nitrogens with zero attached hydrogens (tertiary/aromatic N) is 1. The number of amides is 1. The normalized spacial score (nSPS) is 12.9. The van der Waals surface area contributed by atoms with Crippen molar-refractivity contribution in [2.24, 2.45) is 0 Å². The molecule has 1 amide bonds. The van der Waals surface area contributed by atoms with Gasteiger partial charge in [-0.15, -0.1) is 0 Å². The summed E-state index contributed by atoms with van der Waals surface area (Å²) in [6, 6.07) is 1.41. The monoisotopic (exact) mass is 334 g/mol. The van der Waals surface area contributed by atoms with Crippen LogP contribution in [0.3, 0.4) is 0 Å². The van der Waals surface area contributed by atoms with E-state index in [4.69, 9.17) is 5.11 Å². The van der Waals surface area contributed by atoms with Crippen LogP contribution in [0.15, 0.2) is 18.3 Å². The van der Waals surface area contributed by atoms with Crippen LogP contribution < -0.4 is 5.32 Å². The van der Waals surface area contributed by atoms with E-state index in [2.05, 4.69) is 4.98 Å². The first kappa shape index (κ1) is 17.7. The average Bonchev–Trinajstić information content (AvgIpc) is 2.37. The van der Waals surface area contributed by atoms with Crippen LogP contribution in [0.5, 0.6) is 0 Å². The maximum Gasteiger partial charge on any atom is 0.460 e. The number of anilines is 1. The Bertz CT molecular complexity index is 583. The minimum absolute atomic E-state index is 0.503. The third kappa shape index (κ3) is 3.09. The van der Waals surface area contributed by atoms with Gasteiger partial charge in [0, 0.05) is 0 Å². The molecule has 0 aliphatic rings. The van der Waals surface area contributed by atoms with Crippen molar-refractivity contribution in [2.45, 2.75) is 18.0 Å². The number of halogens is 7. The van der Waals surface area contributed by atoms with Gasteiger partial charge in [-0.2, -0.15) is 30.7 Å². The van der Waals surface area contributed by atoms with Crippen molar-refractivity contribution in [3.8, 4) is 0 Å². The average molecular weight is 334 g/mol. The molecule has 5 nitrogen and oxygen atoms in total. The SMILES string of the molecule is O=C(O)c1ccc(NC(=O)C(F)(F)C(F)(F)C(F)(F)F)cn1. The second kappa shape index (κ2) is 5.42. The van der Waals surface area contributed by atoms with E-state index in [1.54, 1.807) is 0 Å². The zero-order valence-electron chi connectivity index (χ0n) is 10.1. The van der Waals surface area contributed by atoms with Gasteiger partial charge in [-0.3, -0.25) is 4.79 Å². The predicted molar refractivity (Wildman–Crippen MR) is 55.8 cm³/mol. The Balaban J connectivity index is 2.98. The van der Waals surface area contributed by atoms with Crippen molar-refractivity contribution < 1.29 is 45.4 Å². The van der Waals surface area contributed by atoms with Crippen LogP contribution in [0.4, 0.5) is 36.4 Å². The van der Waals surface area contributed by atoms with Gasteiger partial charge in [-0.25, -0.2) is 9.78 Å². The highest BCUT2D eigenvalue weighted by atomic mass is 19.4. The number of carboxylic acid groups (broad SMARTS) is 1. The van der Waals surface area contributed by atoms with E-state index in [1.165, 1.54) is 0 Å². The zero-order valence-corrected chi connectivity index (χ0v) is 10.1. The Hall–Kier alpha value is -2.40. The molecule has 0 spiro atoms. The lowest BCUT2D eigenvalue weighted by Crippen LogP contribution is -2.57. The summed E-state index contributed by atoms with van der Waals surface area (Å²) in [5, 5.41) is 9.59. The van der Waals surface area contributed by atoms with Gasteiger partial charge in [-0.05, 0) is 12.1 Å². The van der Waals surface area contributed by atoms with E-state index in [9.17, 15) is 40.3 Å². The molecule has 22 heavy (non-hydrogen) atoms. The van der Waals surface area contributed by atoms with E-state index in [1.807, 2.05) is 0 Å². The molecule has 1 aromatic heterocycles. The molecule has 0 saturated heterocycles. The minimum Gasteiger partial charge on any atom is -0.477 e. The molecular formula is C10H5F7N2O3. The van der Waals surface area contributed by atoms with Crippen LogP contribution in [0.2, 0.25) is 0 Å². The number of hydrogen-bond acceptors (Lipinski definition) is 3. The van der Waals surface area contributed by atoms with Crippen molar-refractivity contribution >= 4 is 17.6 Å². The summed E-state index contributed by atoms with van der Waals surface area (Å²) >= 11 is 0. The molecule has 0 saturated carbocycles. The molecule has 1 aromatic rings. The first-order valence-corrected chi connectivity index (χ1v) is 5.14. The minimum atomic E-state index is -6.64. The molecule has 12 heteroatoms. The lowest BCUT2D eigenvalue weighted by molar-refractivity contribution is -0.343. The van der Waals surface area contributed by atoms with Crippen LogP contribution in [0.25, 0.3) is 0 Å². The number of aromatic carboxylic acids is 1. The first-order valence-electron chi connectivity index (χ1n) is 5.14. The Morgan fingerprint density at radius 1 is 1.05 bits per heavy atom. The van der Waals surface area contributed by atoms with Gasteiger partial charge in [0.15, 0.2) is 0 Å². The summed E-state index contributed by atoms with van der Waals surface area (Å²) in [4.78, 5) is 24.6. The van der Waals surface area contributed by atoms with E-state index < -0.39 is 41.3 Å². The molecule has 0 aliphatic heterocycles. The van der Waals surface area contributed by atoms with Crippen molar-refractivity contribution in [1.29, 1.82) is 0 Å². The molecule has 0 atom stereocenters. The summed E-state index contributed by atoms with van der Waals surface area (Å²) in [5.74, 6) is -17.1. The topological polar surface area (TPSA) is 79.3 Å². The van der Waals surface area contributed by atoms with Crippen molar-refractivity contribution in [3.63, 3.8) is 0 Å². The van der Waals surface area contributed by atoms with Gasteiger partial charge in [0.05, 0.1) is 11.9 Å². The highest BCUT2D eigenvalue weighted by Crippen LogP contribution is 2.46. The number of pyridine rings is 1. The number of aromatic nitrogens is 1. The highest BCUT2D eigenvalue weighted by molar-refractivity contribution is 5.97. The van der Waals surface area contributed by atoms with E-state index in [-0.39, 0.29) is 0 Å². The maximum atomic E-state index is 13.0. The fourth-order valence-electron chi connectivity index (χ4n) is 1.12. The van der Waals surface area contributed by atoms with Crippen LogP contribution in [-0.2, 0) is 4.79 Å². The number of carbonyl (C=O) groups excluding carboxylic acids is 1. The summed E-state index contributed by atoms with van der Waals surface area (Å²) in [7, 11) is 0. The van der Waals surface area contributed by atoms with Crippen molar-refractivity contribution in [3.05, 3.63) is 24.0 Å². The molecule has 2 N–H and O–H groups in total. The molecule has 0 aliphatic carbocycles. The number of hydrogen-bond donors (Lipinski definition) is 2. The van der Waals surface area contributed by atoms with Gasteiger partial charge in [0.1, 0.15) is 5.69 Å². The van der Waals surface area contributed by atoms with Crippen LogP contribution >= 0.6 is 0 Å². The largest absolute Gasteiger partial charge is 0.477 e. The molecular weight excluding hydrogens is 329 g/mol. The molecule has 1 rings (SSSR count). The molecule has 0 radical (unpaired) electrons. The quantitative estimate of drug-likeness (QED) is 0.830. The summed E-state index contributed by atoms with van der Waals surface area (Å²) < 4.78 is 86.8. The van der Waals surface area contributed by atoms with Gasteiger partial charge in [0.2, 0.25) is 0 Å². The van der Waals surface area contributed by atoms with Crippen molar-refractivity contribution in [2.75, 3.05) is 5.32 Å². The van der Waals surface area contributed by atoms with E-state index >= 15 is 0 Å². The second-order valence-electron chi connectivity index (χ2n) is 3.84. The summed E-state index contributed by atoms with van der Waals surface area (Å²) in [5.41, 5.74) is -1.25. The zero-order chi connectivity index (χ0) is 17.3. The third-order valence-corrected chi connectivity index (χ3v) is 2.28. The number of carbonyl (C=O) groups is 2. The molecule has 0 unspecified atom stereocenters. The molecule has 1 heterocycles. The van der Waals surface area contributed by atoms with Crippen LogP contribution in [0.1, 0.15) is 10.5 Å². The van der Waals surface area contributed by atoms with Gasteiger partial charge < -0.3 is 10.4 Å². The number of carboxylic acids is 1. The molecule has 0 fully saturated rings. The lowest BCUT2D eigenvalue weighted by atomic mass is 10.1. The Labute approximate surface area is 116 Å². The fourth-order valence-corrected chi connectivity index (χ4v) is 1.12. The molecule has 0 bridgehead atoms. The van der Waals surface area contributed by atoms with Gasteiger partial charge >= 0.3 is 29.9 Å². The highest BCUT2D eigenvalue weighted by Gasteiger charge is 2.76. The van der Waals surface area contributed by atoms with Gasteiger partial charge in [0.25, 0.3) is 0 Å². The smallest absolute Gasteiger partial charge is 0.460 e. The Morgan fingerprint density at radius 3 is 1.95 bits per heavy atom. The van der Waals surface area contributed by atoms with Gasteiger partial charge in [-0.1, -0.05) is 0 Å². The van der Waals surface area contributed by atoms with Crippen molar-refractivity contribution in [1.82, 2.24) is 4.98 Å². The standard InChI is InChI=1S/C10H5F7N2O3/c11-8(12,9(13,14)10(15,16)17)7(22)19-4-1-2-5(6(20)21)18-3-4/h1-3H,(H,19,22)(H,20,21). The predicted octanol–water partition coefficient (Wildman–Crippen LogP) is 2.55. The number of rotatable bonds is 4. The van der Waals surface area contributed by atoms with E-state index in [0.717, 1.165) is 11.4 Å². The third-order valence-electron chi connectivity index (χ3n) is 2.28. The Morgan fingerprint density at radius 2 is 1.59 bits per heavy atom. The summed E-state index contributed by atoms with van der Waals surface area (Å²) in [6.07, 6.45) is -6.14. The molecule has 0 aromatic carbocycles. The van der Waals surface area contributed by atoms with E-state index in [0.29, 0.717) is 12.3 Å². The molecule has 122 valence electrons. The second-order valence-corrected chi connectivity index (χ2v) is 3.84. The Kier molecular flexibility index (Phi) is 4.35.